The van der Waals surface area contributed by atoms with E-state index in [1.165, 1.54) is 12.1 Å². The summed E-state index contributed by atoms with van der Waals surface area (Å²) < 4.78 is 12.9. The van der Waals surface area contributed by atoms with E-state index < -0.39 is 11.7 Å². The molecule has 0 atom stereocenters. The van der Waals surface area contributed by atoms with E-state index in [4.69, 9.17) is 11.0 Å². The lowest BCUT2D eigenvalue weighted by atomic mass is 10.1. The summed E-state index contributed by atoms with van der Waals surface area (Å²) in [6.45, 7) is 0. The Hall–Kier alpha value is -2.87. The number of nitrogens with zero attached hydrogens (tertiary/aromatic N) is 1. The molecule has 4 nitrogen and oxygen atoms in total. The van der Waals surface area contributed by atoms with Gasteiger partial charge in [-0.15, -0.1) is 0 Å². The van der Waals surface area contributed by atoms with Gasteiger partial charge in [-0.3, -0.25) is 4.79 Å². The third kappa shape index (κ3) is 3.12. The summed E-state index contributed by atoms with van der Waals surface area (Å²) in [5.74, 6) is -0.893. The van der Waals surface area contributed by atoms with Crippen molar-refractivity contribution in [3.63, 3.8) is 0 Å². The molecule has 0 saturated carbocycles. The Balaban J connectivity index is 2.13. The van der Waals surface area contributed by atoms with Gasteiger partial charge in [0.1, 0.15) is 5.82 Å². The van der Waals surface area contributed by atoms with Crippen LogP contribution in [0.1, 0.15) is 15.9 Å². The molecule has 0 saturated heterocycles. The molecule has 0 aromatic heterocycles. The summed E-state index contributed by atoms with van der Waals surface area (Å²) in [5.41, 5.74) is 7.36. The molecule has 0 aliphatic heterocycles. The van der Waals surface area contributed by atoms with Gasteiger partial charge in [0.25, 0.3) is 5.91 Å². The molecule has 2 aromatic rings. The average Bonchev–Trinajstić information content (AvgIpc) is 2.41. The summed E-state index contributed by atoms with van der Waals surface area (Å²) >= 11 is 0. The molecule has 5 heteroatoms. The normalized spacial score (nSPS) is 9.80. The molecule has 3 N–H and O–H groups in total. The summed E-state index contributed by atoms with van der Waals surface area (Å²) in [7, 11) is 0. The molecule has 0 aliphatic rings. The minimum absolute atomic E-state index is 0.0867. The number of hydrogen-bond acceptors (Lipinski definition) is 3. The molecule has 20 heavy (non-hydrogen) atoms. The molecular weight excluding hydrogens is 257 g/mol. The van der Waals surface area contributed by atoms with Crippen LogP contribution in [0.5, 0.6) is 0 Å². The van der Waals surface area contributed by atoms with Crippen LogP contribution >= 0.6 is 0 Å². The first kappa shape index (κ1) is 13.6. The molecule has 0 heterocycles. The van der Waals surface area contributed by atoms with Crippen molar-refractivity contribution in [3.05, 3.63) is 59.4 Å². The van der Waals surface area contributed by atoms with E-state index in [9.17, 15) is 9.18 Å². The predicted molar refractivity (Wildman–Crippen MR) is 74.5 cm³/mol. The molecular formula is C15H12FN3O. The topological polar surface area (TPSA) is 78.9 Å². The fourth-order valence-electron chi connectivity index (χ4n) is 1.74. The number of nitrogens with one attached hydrogen (secondary N) is 1. The van der Waals surface area contributed by atoms with Crippen LogP contribution in [-0.2, 0) is 6.42 Å². The van der Waals surface area contributed by atoms with Gasteiger partial charge >= 0.3 is 0 Å². The van der Waals surface area contributed by atoms with Crippen LogP contribution in [-0.4, -0.2) is 5.91 Å². The number of carbonyl (C=O) groups is 1. The van der Waals surface area contributed by atoms with E-state index in [0.717, 1.165) is 11.6 Å². The second kappa shape index (κ2) is 5.85. The number of nitrogens with two attached hydrogens (primary N) is 1. The van der Waals surface area contributed by atoms with Crippen molar-refractivity contribution in [1.29, 1.82) is 5.26 Å². The lowest BCUT2D eigenvalue weighted by molar-refractivity contribution is 0.102. The first-order valence-electron chi connectivity index (χ1n) is 5.92. The van der Waals surface area contributed by atoms with E-state index in [1.807, 2.05) is 6.07 Å². The molecule has 100 valence electrons. The standard InChI is InChI=1S/C15H12FN3O/c16-11-3-6-13(14(18)9-11)15(20)19-12-4-1-10(2-5-12)7-8-17/h1-6,9H,7,18H2,(H,19,20). The zero-order chi connectivity index (χ0) is 14.5. The van der Waals surface area contributed by atoms with Crippen LogP contribution in [0.15, 0.2) is 42.5 Å². The molecule has 0 spiro atoms. The van der Waals surface area contributed by atoms with Crippen molar-refractivity contribution in [2.45, 2.75) is 6.42 Å². The largest absolute Gasteiger partial charge is 0.398 e. The third-order valence-electron chi connectivity index (χ3n) is 2.75. The third-order valence-corrected chi connectivity index (χ3v) is 2.75. The van der Waals surface area contributed by atoms with E-state index in [0.29, 0.717) is 12.1 Å². The minimum Gasteiger partial charge on any atom is -0.398 e. The Kier molecular flexibility index (Phi) is 3.96. The number of benzene rings is 2. The zero-order valence-electron chi connectivity index (χ0n) is 10.6. The Morgan fingerprint density at radius 2 is 1.95 bits per heavy atom. The molecule has 0 aliphatic carbocycles. The van der Waals surface area contributed by atoms with Gasteiger partial charge in [-0.2, -0.15) is 5.26 Å². The SMILES string of the molecule is N#CCc1ccc(NC(=O)c2ccc(F)cc2N)cc1. The van der Waals surface area contributed by atoms with Crippen molar-refractivity contribution in [3.8, 4) is 6.07 Å². The van der Waals surface area contributed by atoms with Crippen LogP contribution in [0, 0.1) is 17.1 Å². The summed E-state index contributed by atoms with van der Waals surface area (Å²) in [5, 5.41) is 11.2. The highest BCUT2D eigenvalue weighted by Gasteiger charge is 2.10. The van der Waals surface area contributed by atoms with Crippen molar-refractivity contribution < 1.29 is 9.18 Å². The lowest BCUT2D eigenvalue weighted by Gasteiger charge is -2.08. The number of carbonyl (C=O) groups excluding carboxylic acids is 1. The fraction of sp³-hybridized carbons (Fsp3) is 0.0667. The van der Waals surface area contributed by atoms with Crippen molar-refractivity contribution in [2.75, 3.05) is 11.1 Å². The van der Waals surface area contributed by atoms with Crippen molar-refractivity contribution in [2.24, 2.45) is 0 Å². The quantitative estimate of drug-likeness (QED) is 0.841. The maximum atomic E-state index is 12.9. The van der Waals surface area contributed by atoms with Gasteiger partial charge in [-0.25, -0.2) is 4.39 Å². The Labute approximate surface area is 115 Å². The van der Waals surface area contributed by atoms with Gasteiger partial charge in [0, 0.05) is 11.4 Å². The lowest BCUT2D eigenvalue weighted by Crippen LogP contribution is -2.14. The van der Waals surface area contributed by atoms with E-state index >= 15 is 0 Å². The van der Waals surface area contributed by atoms with E-state index in [2.05, 4.69) is 5.32 Å². The van der Waals surface area contributed by atoms with Crippen LogP contribution < -0.4 is 11.1 Å². The van der Waals surface area contributed by atoms with Crippen molar-refractivity contribution in [1.82, 2.24) is 0 Å². The first-order valence-corrected chi connectivity index (χ1v) is 5.92. The molecule has 0 unspecified atom stereocenters. The predicted octanol–water partition coefficient (Wildman–Crippen LogP) is 2.73. The Bertz CT molecular complexity index is 675. The van der Waals surface area contributed by atoms with Crippen molar-refractivity contribution >= 4 is 17.3 Å². The van der Waals surface area contributed by atoms with Gasteiger partial charge in [0.05, 0.1) is 18.1 Å². The number of halogens is 1. The first-order chi connectivity index (χ1) is 9.60. The van der Waals surface area contributed by atoms with Gasteiger partial charge in [-0.05, 0) is 35.9 Å². The Morgan fingerprint density at radius 1 is 1.25 bits per heavy atom. The highest BCUT2D eigenvalue weighted by molar-refractivity contribution is 6.07. The molecule has 2 rings (SSSR count). The van der Waals surface area contributed by atoms with E-state index in [-0.39, 0.29) is 11.3 Å². The molecule has 1 amide bonds. The van der Waals surface area contributed by atoms with Crippen LogP contribution in [0.2, 0.25) is 0 Å². The fourth-order valence-corrected chi connectivity index (χ4v) is 1.74. The summed E-state index contributed by atoms with van der Waals surface area (Å²) in [4.78, 5) is 12.0. The molecule has 2 aromatic carbocycles. The second-order valence-electron chi connectivity index (χ2n) is 4.22. The van der Waals surface area contributed by atoms with Gasteiger partial charge in [0.2, 0.25) is 0 Å². The van der Waals surface area contributed by atoms with Crippen LogP contribution in [0.25, 0.3) is 0 Å². The number of nitrogen functional groups attached to an aromatic ring is 1. The summed E-state index contributed by atoms with van der Waals surface area (Å²) in [6, 6.07) is 12.6. The smallest absolute Gasteiger partial charge is 0.257 e. The Morgan fingerprint density at radius 3 is 2.55 bits per heavy atom. The van der Waals surface area contributed by atoms with E-state index in [1.54, 1.807) is 24.3 Å². The highest BCUT2D eigenvalue weighted by atomic mass is 19.1. The number of rotatable bonds is 3. The van der Waals surface area contributed by atoms with Gasteiger partial charge in [-0.1, -0.05) is 12.1 Å². The highest BCUT2D eigenvalue weighted by Crippen LogP contribution is 2.16. The monoisotopic (exact) mass is 269 g/mol. The maximum Gasteiger partial charge on any atom is 0.257 e. The molecule has 0 fully saturated rings. The van der Waals surface area contributed by atoms with Gasteiger partial charge < -0.3 is 11.1 Å². The number of amides is 1. The average molecular weight is 269 g/mol. The zero-order valence-corrected chi connectivity index (χ0v) is 10.6. The molecule has 0 bridgehead atoms. The minimum atomic E-state index is -0.486. The van der Waals surface area contributed by atoms with Crippen LogP contribution in [0.4, 0.5) is 15.8 Å². The van der Waals surface area contributed by atoms with Crippen LogP contribution in [0.3, 0.4) is 0 Å². The second-order valence-corrected chi connectivity index (χ2v) is 4.22. The number of nitriles is 1. The van der Waals surface area contributed by atoms with Gasteiger partial charge in [0.15, 0.2) is 0 Å². The molecule has 0 radical (unpaired) electrons. The summed E-state index contributed by atoms with van der Waals surface area (Å²) in [6.07, 6.45) is 0.319. The number of hydrogen-bond donors (Lipinski definition) is 2. The number of anilines is 2. The maximum absolute atomic E-state index is 12.9.